The first kappa shape index (κ1) is 8.20. The van der Waals surface area contributed by atoms with Crippen LogP contribution in [-0.4, -0.2) is 11.1 Å². The number of thiophene rings is 2. The Labute approximate surface area is 88.4 Å². The van der Waals surface area contributed by atoms with Crippen LogP contribution < -0.4 is 0 Å². The summed E-state index contributed by atoms with van der Waals surface area (Å²) in [5.74, 6) is -1.18. The first-order chi connectivity index (χ1) is 6.79. The van der Waals surface area contributed by atoms with Gasteiger partial charge < -0.3 is 5.11 Å². The smallest absolute Gasteiger partial charge is 0.315 e. The molecule has 2 aromatic rings. The van der Waals surface area contributed by atoms with Gasteiger partial charge in [-0.25, -0.2) is 0 Å². The van der Waals surface area contributed by atoms with Gasteiger partial charge >= 0.3 is 5.97 Å². The first-order valence-corrected chi connectivity index (χ1v) is 5.93. The summed E-state index contributed by atoms with van der Waals surface area (Å²) in [5, 5.41) is 13.1. The molecule has 1 N–H and O–H groups in total. The first-order valence-electron chi connectivity index (χ1n) is 4.17. The second-order valence-corrected chi connectivity index (χ2v) is 5.01. The van der Waals surface area contributed by atoms with Gasteiger partial charge in [0.1, 0.15) is 5.92 Å². The number of carboxylic acids is 1. The van der Waals surface area contributed by atoms with Crippen molar-refractivity contribution in [3.8, 4) is 9.75 Å². The van der Waals surface area contributed by atoms with E-state index in [0.717, 1.165) is 20.9 Å². The Morgan fingerprint density at radius 2 is 1.64 bits per heavy atom. The highest BCUT2D eigenvalue weighted by atomic mass is 32.1. The van der Waals surface area contributed by atoms with Crippen LogP contribution in [0.4, 0.5) is 0 Å². The number of aliphatic carboxylic acids is 1. The molecular formula is C10H6O2S2. The molecule has 0 fully saturated rings. The van der Waals surface area contributed by atoms with Crippen molar-refractivity contribution in [1.82, 2.24) is 0 Å². The number of fused-ring (bicyclic) bond motifs is 3. The summed E-state index contributed by atoms with van der Waals surface area (Å²) in [7, 11) is 0. The van der Waals surface area contributed by atoms with E-state index in [1.165, 1.54) is 0 Å². The van der Waals surface area contributed by atoms with Crippen LogP contribution in [0.1, 0.15) is 17.0 Å². The molecule has 0 saturated heterocycles. The molecule has 0 spiro atoms. The van der Waals surface area contributed by atoms with E-state index in [0.29, 0.717) is 0 Å². The van der Waals surface area contributed by atoms with Crippen LogP contribution in [0.3, 0.4) is 0 Å². The van der Waals surface area contributed by atoms with E-state index in [-0.39, 0.29) is 0 Å². The molecule has 2 aromatic heterocycles. The predicted molar refractivity (Wildman–Crippen MR) is 57.1 cm³/mol. The fourth-order valence-corrected chi connectivity index (χ4v) is 3.98. The van der Waals surface area contributed by atoms with Gasteiger partial charge in [-0.05, 0) is 34.0 Å². The Bertz CT molecular complexity index is 469. The van der Waals surface area contributed by atoms with E-state index < -0.39 is 11.9 Å². The molecule has 3 rings (SSSR count). The largest absolute Gasteiger partial charge is 0.481 e. The van der Waals surface area contributed by atoms with Crippen molar-refractivity contribution in [2.45, 2.75) is 5.92 Å². The summed E-state index contributed by atoms with van der Waals surface area (Å²) in [6, 6.07) is 3.84. The highest BCUT2D eigenvalue weighted by Gasteiger charge is 2.35. The second kappa shape index (κ2) is 2.68. The summed E-state index contributed by atoms with van der Waals surface area (Å²) < 4.78 is 0. The Morgan fingerprint density at radius 1 is 1.14 bits per heavy atom. The lowest BCUT2D eigenvalue weighted by molar-refractivity contribution is -0.137. The van der Waals surface area contributed by atoms with E-state index >= 15 is 0 Å². The number of hydrogen-bond acceptors (Lipinski definition) is 3. The minimum absolute atomic E-state index is 0.433. The number of hydrogen-bond donors (Lipinski definition) is 1. The van der Waals surface area contributed by atoms with E-state index in [2.05, 4.69) is 0 Å². The molecule has 0 saturated carbocycles. The van der Waals surface area contributed by atoms with Gasteiger partial charge in [0.15, 0.2) is 0 Å². The number of carbonyl (C=O) groups is 1. The van der Waals surface area contributed by atoms with Gasteiger partial charge in [0.25, 0.3) is 0 Å². The lowest BCUT2D eigenvalue weighted by atomic mass is 10.0. The van der Waals surface area contributed by atoms with Crippen LogP contribution in [0.15, 0.2) is 22.9 Å². The van der Waals surface area contributed by atoms with Crippen molar-refractivity contribution in [3.63, 3.8) is 0 Å². The molecule has 1 aliphatic carbocycles. The van der Waals surface area contributed by atoms with Gasteiger partial charge in [0.05, 0.1) is 0 Å². The third kappa shape index (κ3) is 0.871. The Morgan fingerprint density at radius 3 is 2.07 bits per heavy atom. The standard InChI is InChI=1S/C10H6O2S2/c11-10(12)7-5-1-3-13-8(5)9-6(7)2-4-14-9/h1-4,7H,(H,11,12). The molecule has 0 amide bonds. The van der Waals surface area contributed by atoms with Gasteiger partial charge in [-0.15, -0.1) is 22.7 Å². The SMILES string of the molecule is O=C(O)C1c2ccsc2-c2sccc21. The zero-order chi connectivity index (χ0) is 9.71. The lowest BCUT2D eigenvalue weighted by Gasteiger charge is -2.03. The van der Waals surface area contributed by atoms with Crippen LogP contribution in [0.2, 0.25) is 0 Å². The van der Waals surface area contributed by atoms with Crippen molar-refractivity contribution in [2.24, 2.45) is 0 Å². The highest BCUT2D eigenvalue weighted by Crippen LogP contribution is 2.50. The van der Waals surface area contributed by atoms with Crippen LogP contribution in [-0.2, 0) is 4.79 Å². The average Bonchev–Trinajstić information content (AvgIpc) is 2.70. The Hall–Kier alpha value is -1.13. The summed E-state index contributed by atoms with van der Waals surface area (Å²) in [4.78, 5) is 13.4. The fraction of sp³-hybridized carbons (Fsp3) is 0.100. The van der Waals surface area contributed by atoms with Crippen molar-refractivity contribution >= 4 is 28.6 Å². The molecule has 0 aliphatic heterocycles. The molecule has 70 valence electrons. The topological polar surface area (TPSA) is 37.3 Å². The number of rotatable bonds is 1. The molecule has 2 nitrogen and oxygen atoms in total. The van der Waals surface area contributed by atoms with E-state index in [4.69, 9.17) is 5.11 Å². The quantitative estimate of drug-likeness (QED) is 0.805. The maximum absolute atomic E-state index is 11.1. The van der Waals surface area contributed by atoms with E-state index in [1.807, 2.05) is 22.9 Å². The van der Waals surface area contributed by atoms with E-state index in [1.54, 1.807) is 22.7 Å². The predicted octanol–water partition coefficient (Wildman–Crippen LogP) is 3.01. The van der Waals surface area contributed by atoms with Crippen molar-refractivity contribution < 1.29 is 9.90 Å². The second-order valence-electron chi connectivity index (χ2n) is 3.18. The highest BCUT2D eigenvalue weighted by molar-refractivity contribution is 7.21. The Balaban J connectivity index is 2.32. The minimum Gasteiger partial charge on any atom is -0.481 e. The van der Waals surface area contributed by atoms with Crippen molar-refractivity contribution in [2.75, 3.05) is 0 Å². The van der Waals surface area contributed by atoms with Crippen LogP contribution in [0.25, 0.3) is 9.75 Å². The molecule has 14 heavy (non-hydrogen) atoms. The normalized spacial score (nSPS) is 14.0. The summed E-state index contributed by atoms with van der Waals surface area (Å²) in [6.07, 6.45) is 0. The molecule has 4 heteroatoms. The minimum atomic E-state index is -0.748. The monoisotopic (exact) mass is 222 g/mol. The summed E-state index contributed by atoms with van der Waals surface area (Å²) in [5.41, 5.74) is 1.92. The van der Waals surface area contributed by atoms with Gasteiger partial charge in [-0.1, -0.05) is 0 Å². The van der Waals surface area contributed by atoms with Gasteiger partial charge in [0.2, 0.25) is 0 Å². The van der Waals surface area contributed by atoms with Gasteiger partial charge in [-0.3, -0.25) is 4.79 Å². The van der Waals surface area contributed by atoms with Crippen molar-refractivity contribution in [3.05, 3.63) is 34.0 Å². The van der Waals surface area contributed by atoms with Crippen LogP contribution >= 0.6 is 22.7 Å². The zero-order valence-corrected chi connectivity index (χ0v) is 8.69. The molecule has 0 atom stereocenters. The van der Waals surface area contributed by atoms with Gasteiger partial charge in [0, 0.05) is 9.75 Å². The maximum atomic E-state index is 11.1. The molecule has 2 heterocycles. The van der Waals surface area contributed by atoms with Gasteiger partial charge in [-0.2, -0.15) is 0 Å². The molecule has 0 bridgehead atoms. The average molecular weight is 222 g/mol. The number of carboxylic acid groups (broad SMARTS) is 1. The summed E-state index contributed by atoms with van der Waals surface area (Å²) >= 11 is 3.26. The zero-order valence-electron chi connectivity index (χ0n) is 7.06. The lowest BCUT2D eigenvalue weighted by Crippen LogP contribution is -2.08. The van der Waals surface area contributed by atoms with E-state index in [9.17, 15) is 4.79 Å². The van der Waals surface area contributed by atoms with Crippen molar-refractivity contribution in [1.29, 1.82) is 0 Å². The fourth-order valence-electron chi connectivity index (χ4n) is 1.90. The molecule has 0 unspecified atom stereocenters. The summed E-state index contributed by atoms with van der Waals surface area (Å²) in [6.45, 7) is 0. The molecule has 0 radical (unpaired) electrons. The van der Waals surface area contributed by atoms with Crippen LogP contribution in [0.5, 0.6) is 0 Å². The Kier molecular flexibility index (Phi) is 1.57. The molecular weight excluding hydrogens is 216 g/mol. The molecule has 0 aromatic carbocycles. The third-order valence-electron chi connectivity index (χ3n) is 2.47. The third-order valence-corrected chi connectivity index (χ3v) is 4.49. The maximum Gasteiger partial charge on any atom is 0.315 e. The van der Waals surface area contributed by atoms with Crippen LogP contribution in [0, 0.1) is 0 Å². The molecule has 1 aliphatic rings.